The number of aromatic hydroxyl groups is 1. The van der Waals surface area contributed by atoms with Gasteiger partial charge in [0.1, 0.15) is 5.75 Å². The topological polar surface area (TPSA) is 94.8 Å². The number of carbonyl (C=O) groups is 1. The fourth-order valence-corrected chi connectivity index (χ4v) is 4.86. The third-order valence-electron chi connectivity index (χ3n) is 4.12. The summed E-state index contributed by atoms with van der Waals surface area (Å²) in [7, 11) is -4.17. The SMILES string of the molecule is O=C(O)C(c1ccc2ccccc2c1O)P(=O)(O)Cc1ccccc1. The van der Waals surface area contributed by atoms with Crippen LogP contribution in [0.4, 0.5) is 0 Å². The summed E-state index contributed by atoms with van der Waals surface area (Å²) in [5, 5.41) is 21.3. The first-order valence-electron chi connectivity index (χ1n) is 7.69. The van der Waals surface area contributed by atoms with E-state index in [1.165, 1.54) is 6.07 Å². The molecule has 3 aromatic rings. The lowest BCUT2D eigenvalue weighted by atomic mass is 10.0. The van der Waals surface area contributed by atoms with Crippen molar-refractivity contribution >= 4 is 24.1 Å². The second-order valence-corrected chi connectivity index (χ2v) is 8.21. The van der Waals surface area contributed by atoms with Crippen LogP contribution in [0.25, 0.3) is 10.8 Å². The van der Waals surface area contributed by atoms with Crippen molar-refractivity contribution in [1.29, 1.82) is 0 Å². The molecule has 2 unspecified atom stereocenters. The lowest BCUT2D eigenvalue weighted by molar-refractivity contribution is -0.136. The highest BCUT2D eigenvalue weighted by atomic mass is 31.2. The Morgan fingerprint density at radius 3 is 2.28 bits per heavy atom. The molecule has 128 valence electrons. The number of hydrogen-bond donors (Lipinski definition) is 3. The molecule has 3 aromatic carbocycles. The van der Waals surface area contributed by atoms with Gasteiger partial charge in [0.2, 0.25) is 7.37 Å². The summed E-state index contributed by atoms with van der Waals surface area (Å²) in [5.41, 5.74) is -1.18. The van der Waals surface area contributed by atoms with Crippen LogP contribution in [-0.4, -0.2) is 21.1 Å². The normalized spacial score (nSPS) is 14.8. The molecule has 0 saturated heterocycles. The van der Waals surface area contributed by atoms with E-state index in [9.17, 15) is 24.5 Å². The molecule has 0 amide bonds. The molecule has 3 N–H and O–H groups in total. The molecule has 0 heterocycles. The monoisotopic (exact) mass is 356 g/mol. The van der Waals surface area contributed by atoms with Crippen molar-refractivity contribution in [2.45, 2.75) is 11.8 Å². The summed E-state index contributed by atoms with van der Waals surface area (Å²) in [6.07, 6.45) is -0.281. The number of phenols is 1. The average Bonchev–Trinajstić information content (AvgIpc) is 2.57. The van der Waals surface area contributed by atoms with Gasteiger partial charge < -0.3 is 15.1 Å². The molecule has 25 heavy (non-hydrogen) atoms. The van der Waals surface area contributed by atoms with Gasteiger partial charge in [0.15, 0.2) is 5.66 Å². The van der Waals surface area contributed by atoms with Crippen LogP contribution in [0.15, 0.2) is 66.7 Å². The van der Waals surface area contributed by atoms with Crippen molar-refractivity contribution in [1.82, 2.24) is 0 Å². The van der Waals surface area contributed by atoms with Gasteiger partial charge in [0, 0.05) is 10.9 Å². The summed E-state index contributed by atoms with van der Waals surface area (Å²) in [6, 6.07) is 18.5. The summed E-state index contributed by atoms with van der Waals surface area (Å²) in [5.74, 6) is -1.71. The van der Waals surface area contributed by atoms with Crippen LogP contribution in [0.2, 0.25) is 0 Å². The fraction of sp³-hybridized carbons (Fsp3) is 0.105. The van der Waals surface area contributed by atoms with Crippen LogP contribution in [-0.2, 0) is 15.5 Å². The van der Waals surface area contributed by atoms with E-state index in [1.54, 1.807) is 60.7 Å². The summed E-state index contributed by atoms with van der Waals surface area (Å²) >= 11 is 0. The predicted molar refractivity (Wildman–Crippen MR) is 96.0 cm³/mol. The molecule has 0 aliphatic rings. The number of rotatable bonds is 5. The highest BCUT2D eigenvalue weighted by Gasteiger charge is 2.40. The summed E-state index contributed by atoms with van der Waals surface area (Å²) < 4.78 is 12.9. The van der Waals surface area contributed by atoms with E-state index in [-0.39, 0.29) is 17.5 Å². The average molecular weight is 356 g/mol. The van der Waals surface area contributed by atoms with Gasteiger partial charge in [-0.15, -0.1) is 0 Å². The van der Waals surface area contributed by atoms with Crippen LogP contribution in [0.1, 0.15) is 16.8 Å². The zero-order valence-corrected chi connectivity index (χ0v) is 14.1. The Hall–Kier alpha value is -2.62. The Labute approximate surface area is 144 Å². The Balaban J connectivity index is 2.09. The molecule has 0 spiro atoms. The second-order valence-electron chi connectivity index (χ2n) is 5.86. The molecule has 2 atom stereocenters. The van der Waals surface area contributed by atoms with E-state index in [0.717, 1.165) is 5.39 Å². The van der Waals surface area contributed by atoms with Gasteiger partial charge in [-0.25, -0.2) is 0 Å². The molecule has 6 heteroatoms. The standard InChI is InChI=1S/C19H17O5P/c20-17-15-9-5-4-8-14(15)10-11-16(17)18(19(21)22)25(23,24)12-13-6-2-1-3-7-13/h1-11,18,20H,12H2,(H,21,22)(H,23,24). The number of carboxylic acid groups (broad SMARTS) is 1. The van der Waals surface area contributed by atoms with Crippen LogP contribution in [0, 0.1) is 0 Å². The first-order chi connectivity index (χ1) is 11.9. The number of phenolic OH excluding ortho intramolecular Hbond substituents is 1. The second kappa shape index (κ2) is 6.71. The Kier molecular flexibility index (Phi) is 4.62. The van der Waals surface area contributed by atoms with Crippen LogP contribution in [0.5, 0.6) is 5.75 Å². The Morgan fingerprint density at radius 2 is 1.60 bits per heavy atom. The largest absolute Gasteiger partial charge is 0.507 e. The minimum atomic E-state index is -4.17. The maximum absolute atomic E-state index is 12.9. The van der Waals surface area contributed by atoms with Crippen molar-refractivity contribution in [3.63, 3.8) is 0 Å². The van der Waals surface area contributed by atoms with Crippen LogP contribution < -0.4 is 0 Å². The van der Waals surface area contributed by atoms with E-state index >= 15 is 0 Å². The van der Waals surface area contributed by atoms with E-state index in [2.05, 4.69) is 0 Å². The minimum absolute atomic E-state index is 0.0482. The molecular formula is C19H17O5P. The van der Waals surface area contributed by atoms with Gasteiger partial charge in [0.25, 0.3) is 0 Å². The maximum Gasteiger partial charge on any atom is 0.321 e. The Morgan fingerprint density at radius 1 is 0.960 bits per heavy atom. The van der Waals surface area contributed by atoms with Crippen LogP contribution in [0.3, 0.4) is 0 Å². The van der Waals surface area contributed by atoms with Crippen molar-refractivity contribution in [3.8, 4) is 5.75 Å². The molecule has 0 bridgehead atoms. The quantitative estimate of drug-likeness (QED) is 0.597. The summed E-state index contributed by atoms with van der Waals surface area (Å²) in [4.78, 5) is 22.3. The van der Waals surface area contributed by atoms with Gasteiger partial charge in [-0.05, 0) is 10.9 Å². The first-order valence-corrected chi connectivity index (χ1v) is 9.60. The predicted octanol–water partition coefficient (Wildman–Crippen LogP) is 4.14. The Bertz CT molecular complexity index is 968. The fourth-order valence-electron chi connectivity index (χ4n) is 2.95. The van der Waals surface area contributed by atoms with Crippen molar-refractivity contribution < 1.29 is 24.5 Å². The third kappa shape index (κ3) is 3.43. The van der Waals surface area contributed by atoms with Crippen molar-refractivity contribution in [2.75, 3.05) is 0 Å². The molecule has 0 aromatic heterocycles. The lowest BCUT2D eigenvalue weighted by Gasteiger charge is -2.21. The molecule has 0 aliphatic heterocycles. The molecule has 5 nitrogen and oxygen atoms in total. The molecule has 0 saturated carbocycles. The highest BCUT2D eigenvalue weighted by Crippen LogP contribution is 2.60. The number of fused-ring (bicyclic) bond motifs is 1. The molecule has 0 fully saturated rings. The molecule has 3 rings (SSSR count). The number of hydrogen-bond acceptors (Lipinski definition) is 3. The van der Waals surface area contributed by atoms with Gasteiger partial charge in [-0.3, -0.25) is 9.36 Å². The van der Waals surface area contributed by atoms with E-state index in [1.807, 2.05) is 0 Å². The van der Waals surface area contributed by atoms with Crippen molar-refractivity contribution in [3.05, 3.63) is 77.9 Å². The van der Waals surface area contributed by atoms with Gasteiger partial charge in [-0.1, -0.05) is 66.7 Å². The zero-order valence-electron chi connectivity index (χ0n) is 13.2. The maximum atomic E-state index is 12.9. The van der Waals surface area contributed by atoms with Gasteiger partial charge >= 0.3 is 5.97 Å². The van der Waals surface area contributed by atoms with E-state index < -0.39 is 19.0 Å². The zero-order chi connectivity index (χ0) is 18.0. The minimum Gasteiger partial charge on any atom is -0.507 e. The van der Waals surface area contributed by atoms with Crippen molar-refractivity contribution in [2.24, 2.45) is 0 Å². The van der Waals surface area contributed by atoms with E-state index in [4.69, 9.17) is 0 Å². The summed E-state index contributed by atoms with van der Waals surface area (Å²) in [6.45, 7) is 0. The molecular weight excluding hydrogens is 339 g/mol. The molecule has 0 aliphatic carbocycles. The number of aliphatic carboxylic acids is 1. The number of carboxylic acids is 1. The van der Waals surface area contributed by atoms with Crippen LogP contribution >= 0.6 is 7.37 Å². The van der Waals surface area contributed by atoms with Gasteiger partial charge in [0.05, 0.1) is 6.16 Å². The molecule has 0 radical (unpaired) electrons. The highest BCUT2D eigenvalue weighted by molar-refractivity contribution is 7.58. The first kappa shape index (κ1) is 17.2. The number of benzene rings is 3. The lowest BCUT2D eigenvalue weighted by Crippen LogP contribution is -2.13. The smallest absolute Gasteiger partial charge is 0.321 e. The third-order valence-corrected chi connectivity index (χ3v) is 6.24. The van der Waals surface area contributed by atoms with E-state index in [0.29, 0.717) is 10.9 Å². The van der Waals surface area contributed by atoms with Gasteiger partial charge in [-0.2, -0.15) is 0 Å².